The molecule has 4 atom stereocenters. The lowest BCUT2D eigenvalue weighted by atomic mass is 9.99. The molecule has 0 aromatic carbocycles. The topological polar surface area (TPSA) is 18.5 Å². The molecule has 2 nitrogen and oxygen atoms in total. The first-order valence-corrected chi connectivity index (χ1v) is 7.30. The van der Waals surface area contributed by atoms with Gasteiger partial charge in [0.05, 0.1) is 0 Å². The summed E-state index contributed by atoms with van der Waals surface area (Å²) in [4.78, 5) is 0. The Morgan fingerprint density at radius 2 is 0.759 bits per heavy atom. The zero-order valence-electron chi connectivity index (χ0n) is 14.4. The predicted octanol–water partition coefficient (Wildman–Crippen LogP) is 6.20. The smallest absolute Gasteiger partial charge is 0.343 e. The van der Waals surface area contributed by atoms with Crippen LogP contribution in [-0.2, 0) is 9.47 Å². The fraction of sp³-hybridized carbons (Fsp3) is 1.00. The van der Waals surface area contributed by atoms with Gasteiger partial charge < -0.3 is 9.47 Å². The largest absolute Gasteiger partial charge is 0.422 e. The van der Waals surface area contributed by atoms with E-state index in [-0.39, 0.29) is 13.8 Å². The van der Waals surface area contributed by atoms with Gasteiger partial charge in [-0.2, -0.15) is 52.7 Å². The molecule has 0 heterocycles. The molecule has 4 unspecified atom stereocenters. The zero-order valence-corrected chi connectivity index (χ0v) is 14.4. The Balaban J connectivity index is 5.29. The highest BCUT2D eigenvalue weighted by molar-refractivity contribution is 4.89. The Morgan fingerprint density at radius 3 is 0.931 bits per heavy atom. The summed E-state index contributed by atoms with van der Waals surface area (Å²) in [6.45, 7) is -2.71. The third-order valence-electron chi connectivity index (χ3n) is 3.59. The Kier molecular flexibility index (Phi) is 8.28. The molecule has 0 N–H and O–H groups in total. The minimum absolute atomic E-state index is 0.285. The second-order valence-electron chi connectivity index (χ2n) is 6.31. The highest BCUT2D eigenvalue weighted by Gasteiger charge is 2.58. The minimum Gasteiger partial charge on any atom is -0.343 e. The standard InChI is InChI=1S/C13H14F14O2/c1-8(14,12(22,23)24)3-6(10(16,17)18)28-5-29-7(11(19,20)21)4-9(2,15)13(25,26)27/h6-7H,3-5H2,1-2H3. The predicted molar refractivity (Wildman–Crippen MR) is 67.1 cm³/mol. The molecule has 0 aliphatic heterocycles. The summed E-state index contributed by atoms with van der Waals surface area (Å²) >= 11 is 0. The Bertz CT molecular complexity index is 468. The van der Waals surface area contributed by atoms with Gasteiger partial charge in [0, 0.05) is 12.8 Å². The molecular weight excluding hydrogens is 454 g/mol. The first-order valence-electron chi connectivity index (χ1n) is 7.30. The van der Waals surface area contributed by atoms with Crippen LogP contribution in [0.3, 0.4) is 0 Å². The van der Waals surface area contributed by atoms with Gasteiger partial charge in [0.15, 0.2) is 12.2 Å². The van der Waals surface area contributed by atoms with Crippen molar-refractivity contribution in [3.8, 4) is 0 Å². The van der Waals surface area contributed by atoms with Gasteiger partial charge in [-0.05, 0) is 13.8 Å². The molecular formula is C13H14F14O2. The number of halogens is 14. The first-order chi connectivity index (χ1) is 12.4. The second kappa shape index (κ2) is 8.59. The van der Waals surface area contributed by atoms with Crippen molar-refractivity contribution in [2.75, 3.05) is 6.79 Å². The maximum atomic E-state index is 13.4. The quantitative estimate of drug-likeness (QED) is 0.312. The molecule has 16 heteroatoms. The molecule has 0 bridgehead atoms. The van der Waals surface area contributed by atoms with Crippen LogP contribution in [0.15, 0.2) is 0 Å². The van der Waals surface area contributed by atoms with E-state index in [2.05, 4.69) is 9.47 Å². The summed E-state index contributed by atoms with van der Waals surface area (Å²) in [5.41, 5.74) is -8.94. The van der Waals surface area contributed by atoms with Crippen molar-refractivity contribution in [3.05, 3.63) is 0 Å². The number of hydrogen-bond donors (Lipinski definition) is 0. The number of ether oxygens (including phenoxy) is 2. The van der Waals surface area contributed by atoms with Crippen molar-refractivity contribution in [1.82, 2.24) is 0 Å². The average Bonchev–Trinajstić information content (AvgIpc) is 2.40. The van der Waals surface area contributed by atoms with Gasteiger partial charge in [-0.1, -0.05) is 0 Å². The molecule has 0 aromatic heterocycles. The Morgan fingerprint density at radius 1 is 0.517 bits per heavy atom. The van der Waals surface area contributed by atoms with E-state index in [1.54, 1.807) is 0 Å². The number of hydrogen-bond acceptors (Lipinski definition) is 2. The molecule has 0 aliphatic rings. The lowest BCUT2D eigenvalue weighted by Gasteiger charge is -2.31. The summed E-state index contributed by atoms with van der Waals surface area (Å²) < 4.78 is 184. The molecule has 0 saturated heterocycles. The molecule has 0 spiro atoms. The van der Waals surface area contributed by atoms with Gasteiger partial charge in [0.2, 0.25) is 11.3 Å². The van der Waals surface area contributed by atoms with Crippen LogP contribution in [-0.4, -0.2) is 55.0 Å². The normalized spacial score (nSPS) is 20.7. The van der Waals surface area contributed by atoms with E-state index < -0.39 is 67.9 Å². The Hall–Kier alpha value is -1.06. The maximum absolute atomic E-state index is 13.4. The average molecular weight is 468 g/mol. The van der Waals surface area contributed by atoms with Crippen molar-refractivity contribution in [2.45, 2.75) is 74.9 Å². The van der Waals surface area contributed by atoms with Crippen molar-refractivity contribution in [3.63, 3.8) is 0 Å². The van der Waals surface area contributed by atoms with Crippen molar-refractivity contribution < 1.29 is 70.9 Å². The van der Waals surface area contributed by atoms with E-state index in [0.717, 1.165) is 0 Å². The van der Waals surface area contributed by atoms with Crippen LogP contribution in [0.5, 0.6) is 0 Å². The van der Waals surface area contributed by atoms with Crippen molar-refractivity contribution >= 4 is 0 Å². The zero-order chi connectivity index (χ0) is 23.7. The SMILES string of the molecule is CC(F)(CC(OCOC(CC(C)(F)C(F)(F)F)C(F)(F)F)C(F)(F)F)C(F)(F)F. The van der Waals surface area contributed by atoms with Crippen LogP contribution in [0.25, 0.3) is 0 Å². The first kappa shape index (κ1) is 27.9. The van der Waals surface area contributed by atoms with Gasteiger partial charge in [-0.15, -0.1) is 0 Å². The van der Waals surface area contributed by atoms with Crippen LogP contribution in [0.2, 0.25) is 0 Å². The molecule has 29 heavy (non-hydrogen) atoms. The van der Waals surface area contributed by atoms with Gasteiger partial charge in [-0.3, -0.25) is 0 Å². The summed E-state index contributed by atoms with van der Waals surface area (Å²) in [6.07, 6.45) is -35.1. The van der Waals surface area contributed by atoms with Crippen LogP contribution in [0.4, 0.5) is 61.5 Å². The molecule has 0 fully saturated rings. The van der Waals surface area contributed by atoms with E-state index in [9.17, 15) is 61.5 Å². The minimum atomic E-state index is -5.79. The lowest BCUT2D eigenvalue weighted by Crippen LogP contribution is -2.47. The molecule has 0 aromatic rings. The van der Waals surface area contributed by atoms with Crippen molar-refractivity contribution in [1.29, 1.82) is 0 Å². The molecule has 176 valence electrons. The maximum Gasteiger partial charge on any atom is 0.422 e. The fourth-order valence-electron chi connectivity index (χ4n) is 1.67. The monoisotopic (exact) mass is 468 g/mol. The van der Waals surface area contributed by atoms with Gasteiger partial charge >= 0.3 is 24.7 Å². The van der Waals surface area contributed by atoms with Crippen LogP contribution < -0.4 is 0 Å². The summed E-state index contributed by atoms with van der Waals surface area (Å²) in [7, 11) is 0. The van der Waals surface area contributed by atoms with Gasteiger partial charge in [0.25, 0.3) is 0 Å². The van der Waals surface area contributed by atoms with Crippen molar-refractivity contribution in [2.24, 2.45) is 0 Å². The Labute approximate surface area is 154 Å². The molecule has 0 radical (unpaired) electrons. The second-order valence-corrected chi connectivity index (χ2v) is 6.31. The molecule has 0 amide bonds. The van der Waals surface area contributed by atoms with Crippen LogP contribution in [0, 0.1) is 0 Å². The van der Waals surface area contributed by atoms with Crippen LogP contribution >= 0.6 is 0 Å². The van der Waals surface area contributed by atoms with Gasteiger partial charge in [-0.25, -0.2) is 8.78 Å². The third-order valence-corrected chi connectivity index (χ3v) is 3.59. The number of alkyl halides is 14. The summed E-state index contributed by atoms with van der Waals surface area (Å²) in [6, 6.07) is 0. The van der Waals surface area contributed by atoms with E-state index in [1.807, 2.05) is 0 Å². The summed E-state index contributed by atoms with van der Waals surface area (Å²) in [5.74, 6) is 0. The van der Waals surface area contributed by atoms with Crippen LogP contribution in [0.1, 0.15) is 26.7 Å². The highest BCUT2D eigenvalue weighted by atomic mass is 19.4. The fourth-order valence-corrected chi connectivity index (χ4v) is 1.67. The van der Waals surface area contributed by atoms with E-state index >= 15 is 0 Å². The molecule has 0 saturated carbocycles. The highest BCUT2D eigenvalue weighted by Crippen LogP contribution is 2.42. The van der Waals surface area contributed by atoms with E-state index in [4.69, 9.17) is 0 Å². The van der Waals surface area contributed by atoms with E-state index in [0.29, 0.717) is 0 Å². The van der Waals surface area contributed by atoms with E-state index in [1.165, 1.54) is 0 Å². The van der Waals surface area contributed by atoms with Gasteiger partial charge in [0.1, 0.15) is 6.79 Å². The summed E-state index contributed by atoms with van der Waals surface area (Å²) in [5, 5.41) is 0. The number of rotatable bonds is 8. The third kappa shape index (κ3) is 8.30. The lowest BCUT2D eigenvalue weighted by molar-refractivity contribution is -0.305. The molecule has 0 rings (SSSR count). The molecule has 0 aliphatic carbocycles.